The van der Waals surface area contributed by atoms with Gasteiger partial charge >= 0.3 is 5.97 Å². The number of hydrogen-bond acceptors (Lipinski definition) is 4. The first-order chi connectivity index (χ1) is 12.4. The van der Waals surface area contributed by atoms with Gasteiger partial charge in [0.15, 0.2) is 0 Å². The second-order valence-electron chi connectivity index (χ2n) is 7.34. The predicted molar refractivity (Wildman–Crippen MR) is 96.5 cm³/mol. The first-order valence-corrected chi connectivity index (χ1v) is 9.13. The van der Waals surface area contributed by atoms with Gasteiger partial charge in [0.25, 0.3) is 0 Å². The molecule has 1 amide bonds. The number of hydrogen-bond donors (Lipinski definition) is 1. The molecule has 1 N–H and O–H groups in total. The summed E-state index contributed by atoms with van der Waals surface area (Å²) in [5.74, 6) is -1.33. The Labute approximate surface area is 153 Å². The molecule has 2 aliphatic heterocycles. The number of likely N-dealkylation sites (tertiary alicyclic amines) is 1. The summed E-state index contributed by atoms with van der Waals surface area (Å²) in [5.41, 5.74) is 0.962. The van der Waals surface area contributed by atoms with Crippen LogP contribution in [0.1, 0.15) is 13.8 Å². The van der Waals surface area contributed by atoms with Crippen molar-refractivity contribution in [3.8, 4) is 0 Å². The van der Waals surface area contributed by atoms with Gasteiger partial charge in [0.2, 0.25) is 5.91 Å². The number of piperazine rings is 1. The van der Waals surface area contributed by atoms with Crippen LogP contribution >= 0.6 is 0 Å². The van der Waals surface area contributed by atoms with Crippen LogP contribution in [0.4, 0.5) is 10.1 Å². The van der Waals surface area contributed by atoms with Crippen LogP contribution in [0, 0.1) is 17.7 Å². The molecule has 1 unspecified atom stereocenters. The van der Waals surface area contributed by atoms with Crippen LogP contribution in [0.3, 0.4) is 0 Å². The molecule has 0 aromatic heterocycles. The van der Waals surface area contributed by atoms with Crippen molar-refractivity contribution in [2.75, 3.05) is 44.2 Å². The third kappa shape index (κ3) is 3.82. The number of carboxylic acids is 1. The number of carbonyl (C=O) groups is 2. The molecular weight excluding hydrogens is 337 g/mol. The molecular formula is C19H26FN3O3. The summed E-state index contributed by atoms with van der Waals surface area (Å²) in [6, 6.07) is 6.10. The van der Waals surface area contributed by atoms with Gasteiger partial charge in [0.1, 0.15) is 5.82 Å². The summed E-state index contributed by atoms with van der Waals surface area (Å²) in [7, 11) is 0. The smallest absolute Gasteiger partial charge is 0.308 e. The second kappa shape index (κ2) is 7.61. The molecule has 3 atom stereocenters. The topological polar surface area (TPSA) is 64.1 Å². The van der Waals surface area contributed by atoms with E-state index in [1.54, 1.807) is 12.1 Å². The molecule has 0 spiro atoms. The fourth-order valence-electron chi connectivity index (χ4n) is 3.90. The van der Waals surface area contributed by atoms with Crippen LogP contribution in [0.25, 0.3) is 0 Å². The number of carboxylic acid groups (broad SMARTS) is 1. The van der Waals surface area contributed by atoms with E-state index in [1.165, 1.54) is 12.1 Å². The maximum absolute atomic E-state index is 13.1. The van der Waals surface area contributed by atoms with Crippen molar-refractivity contribution in [3.63, 3.8) is 0 Å². The first-order valence-electron chi connectivity index (χ1n) is 9.13. The van der Waals surface area contributed by atoms with Crippen molar-refractivity contribution in [2.24, 2.45) is 11.8 Å². The van der Waals surface area contributed by atoms with Crippen LogP contribution in [0.5, 0.6) is 0 Å². The Balaban J connectivity index is 1.55. The molecule has 3 rings (SSSR count). The summed E-state index contributed by atoms with van der Waals surface area (Å²) in [6.07, 6.45) is 0. The highest BCUT2D eigenvalue weighted by atomic mass is 19.1. The number of anilines is 1. The Morgan fingerprint density at radius 2 is 1.73 bits per heavy atom. The molecule has 0 bridgehead atoms. The van der Waals surface area contributed by atoms with Gasteiger partial charge in [-0.3, -0.25) is 14.5 Å². The summed E-state index contributed by atoms with van der Waals surface area (Å²) >= 11 is 0. The zero-order valence-corrected chi connectivity index (χ0v) is 15.3. The van der Waals surface area contributed by atoms with E-state index in [9.17, 15) is 19.1 Å². The minimum absolute atomic E-state index is 0.0538. The van der Waals surface area contributed by atoms with Gasteiger partial charge < -0.3 is 14.9 Å². The third-order valence-corrected chi connectivity index (χ3v) is 5.65. The fourth-order valence-corrected chi connectivity index (χ4v) is 3.90. The fraction of sp³-hybridized carbons (Fsp3) is 0.579. The van der Waals surface area contributed by atoms with E-state index in [-0.39, 0.29) is 23.7 Å². The highest BCUT2D eigenvalue weighted by molar-refractivity contribution is 5.82. The molecule has 0 aliphatic carbocycles. The normalized spacial score (nSPS) is 25.3. The lowest BCUT2D eigenvalue weighted by molar-refractivity contribution is -0.143. The molecule has 2 saturated heterocycles. The van der Waals surface area contributed by atoms with E-state index in [1.807, 2.05) is 23.6 Å². The zero-order valence-electron chi connectivity index (χ0n) is 15.3. The summed E-state index contributed by atoms with van der Waals surface area (Å²) in [5, 5.41) is 9.27. The Morgan fingerprint density at radius 3 is 2.27 bits per heavy atom. The van der Waals surface area contributed by atoms with E-state index in [0.717, 1.165) is 5.69 Å². The monoisotopic (exact) mass is 363 g/mol. The third-order valence-electron chi connectivity index (χ3n) is 5.65. The molecule has 7 heteroatoms. The lowest BCUT2D eigenvalue weighted by Crippen LogP contribution is -2.54. The minimum atomic E-state index is -0.785. The second-order valence-corrected chi connectivity index (χ2v) is 7.34. The summed E-state index contributed by atoms with van der Waals surface area (Å²) in [4.78, 5) is 30.1. The molecule has 26 heavy (non-hydrogen) atoms. The Kier molecular flexibility index (Phi) is 5.46. The van der Waals surface area contributed by atoms with Crippen LogP contribution in [-0.2, 0) is 9.59 Å². The van der Waals surface area contributed by atoms with Gasteiger partial charge in [-0.05, 0) is 37.1 Å². The number of benzene rings is 1. The molecule has 142 valence electrons. The molecule has 0 saturated carbocycles. The van der Waals surface area contributed by atoms with E-state index in [2.05, 4.69) is 4.90 Å². The van der Waals surface area contributed by atoms with E-state index in [4.69, 9.17) is 0 Å². The molecule has 2 heterocycles. The number of halogens is 1. The predicted octanol–water partition coefficient (Wildman–Crippen LogP) is 1.52. The number of aliphatic carboxylic acids is 1. The number of rotatable bonds is 4. The standard InChI is InChI=1S/C19H26FN3O3/c1-13-11-23(12-17(13)19(25)26)14(2)18(24)22-9-7-21(8-10-22)16-5-3-15(20)4-6-16/h3-6,13-14,17H,7-12H2,1-2H3,(H,25,26)/t13-,14?,17-/m1/s1. The van der Waals surface area contributed by atoms with Crippen LogP contribution in [0.2, 0.25) is 0 Å². The Bertz CT molecular complexity index is 658. The van der Waals surface area contributed by atoms with Gasteiger partial charge in [0.05, 0.1) is 12.0 Å². The van der Waals surface area contributed by atoms with Crippen molar-refractivity contribution in [3.05, 3.63) is 30.1 Å². The quantitative estimate of drug-likeness (QED) is 0.879. The zero-order chi connectivity index (χ0) is 18.8. The Hall–Kier alpha value is -2.15. The van der Waals surface area contributed by atoms with E-state index >= 15 is 0 Å². The minimum Gasteiger partial charge on any atom is -0.481 e. The molecule has 2 aliphatic rings. The van der Waals surface area contributed by atoms with Gasteiger partial charge in [-0.15, -0.1) is 0 Å². The van der Waals surface area contributed by atoms with Crippen molar-refractivity contribution in [1.82, 2.24) is 9.80 Å². The van der Waals surface area contributed by atoms with Crippen molar-refractivity contribution in [2.45, 2.75) is 19.9 Å². The van der Waals surface area contributed by atoms with Gasteiger partial charge in [-0.25, -0.2) is 4.39 Å². The van der Waals surface area contributed by atoms with Gasteiger partial charge in [-0.1, -0.05) is 6.92 Å². The molecule has 2 fully saturated rings. The maximum Gasteiger partial charge on any atom is 0.308 e. The molecule has 1 aromatic carbocycles. The van der Waals surface area contributed by atoms with Crippen LogP contribution in [0.15, 0.2) is 24.3 Å². The van der Waals surface area contributed by atoms with E-state index < -0.39 is 11.9 Å². The number of amides is 1. The number of nitrogens with zero attached hydrogens (tertiary/aromatic N) is 3. The largest absolute Gasteiger partial charge is 0.481 e. The average Bonchev–Trinajstić information content (AvgIpc) is 3.03. The SMILES string of the molecule is CC(C(=O)N1CCN(c2ccc(F)cc2)CC1)N1C[C@@H](C)[C@H](C(=O)O)C1. The van der Waals surface area contributed by atoms with Crippen LogP contribution < -0.4 is 4.90 Å². The Morgan fingerprint density at radius 1 is 1.12 bits per heavy atom. The molecule has 6 nitrogen and oxygen atoms in total. The highest BCUT2D eigenvalue weighted by Gasteiger charge is 2.39. The lowest BCUT2D eigenvalue weighted by Gasteiger charge is -2.38. The number of carbonyl (C=O) groups excluding carboxylic acids is 1. The molecule has 1 aromatic rings. The van der Waals surface area contributed by atoms with Crippen molar-refractivity contribution >= 4 is 17.6 Å². The van der Waals surface area contributed by atoms with Crippen molar-refractivity contribution in [1.29, 1.82) is 0 Å². The highest BCUT2D eigenvalue weighted by Crippen LogP contribution is 2.26. The van der Waals surface area contributed by atoms with Crippen molar-refractivity contribution < 1.29 is 19.1 Å². The average molecular weight is 363 g/mol. The summed E-state index contributed by atoms with van der Waals surface area (Å²) < 4.78 is 13.1. The van der Waals surface area contributed by atoms with Gasteiger partial charge in [0, 0.05) is 45.0 Å². The van der Waals surface area contributed by atoms with E-state index in [0.29, 0.717) is 39.3 Å². The lowest BCUT2D eigenvalue weighted by atomic mass is 9.99. The van der Waals surface area contributed by atoms with Crippen LogP contribution in [-0.4, -0.2) is 72.1 Å². The summed E-state index contributed by atoms with van der Waals surface area (Å²) in [6.45, 7) is 7.51. The first kappa shape index (κ1) is 18.6. The van der Waals surface area contributed by atoms with Gasteiger partial charge in [-0.2, -0.15) is 0 Å². The maximum atomic E-state index is 13.1. The molecule has 0 radical (unpaired) electrons.